The Morgan fingerprint density at radius 3 is 1.32 bits per heavy atom. The first-order valence-corrected chi connectivity index (χ1v) is 33.8. The SMILES string of the molecule is C[C@H]1O[C@@H](O[C@H]2[C@@H](C3CC3)CCC[C@H]2O[C@H]2O[C@H](COCc3ccccc3)[C@H](OCc3ccccc3)[C@H](O[C@@H](CC3CCCCC3)C(=O)OCc3ccccc3)[C@H]2OCc2ccccc2)[C@H](OCc2ccccc2)[C@@H](OCc2ccccc2)[C@H]1OCc1ccccc1. The Balaban J connectivity index is 0.908. The number of carbonyl (C=O) groups excluding carboxylic acids is 1. The zero-order valence-electron chi connectivity index (χ0n) is 53.2. The van der Waals surface area contributed by atoms with Gasteiger partial charge in [-0.25, -0.2) is 4.79 Å². The summed E-state index contributed by atoms with van der Waals surface area (Å²) in [6.07, 6.45) is 0.824. The second-order valence-electron chi connectivity index (χ2n) is 25.7. The summed E-state index contributed by atoms with van der Waals surface area (Å²) < 4.78 is 86.2. The molecule has 486 valence electrons. The van der Waals surface area contributed by atoms with Crippen molar-refractivity contribution >= 4 is 5.97 Å². The Hall–Kier alpha value is -6.43. The third-order valence-corrected chi connectivity index (χ3v) is 18.9. The van der Waals surface area contributed by atoms with E-state index in [2.05, 4.69) is 48.5 Å². The van der Waals surface area contributed by atoms with Crippen LogP contribution in [0.4, 0.5) is 0 Å². The van der Waals surface area contributed by atoms with Gasteiger partial charge in [-0.3, -0.25) is 0 Å². The predicted molar refractivity (Wildman–Crippen MR) is 350 cm³/mol. The van der Waals surface area contributed by atoms with Gasteiger partial charge in [-0.15, -0.1) is 0 Å². The van der Waals surface area contributed by atoms with Gasteiger partial charge in [0, 0.05) is 0 Å². The highest BCUT2D eigenvalue weighted by atomic mass is 16.8. The molecule has 3 aliphatic carbocycles. The first-order valence-electron chi connectivity index (χ1n) is 33.8. The Morgan fingerprint density at radius 2 is 0.826 bits per heavy atom. The van der Waals surface area contributed by atoms with Gasteiger partial charge in [-0.05, 0) is 95.7 Å². The molecule has 0 aromatic heterocycles. The van der Waals surface area contributed by atoms with Crippen LogP contribution in [-0.2, 0) is 108 Å². The number of carbonyl (C=O) groups is 1. The molecule has 2 saturated heterocycles. The van der Waals surface area contributed by atoms with Crippen LogP contribution < -0.4 is 0 Å². The molecule has 2 heterocycles. The van der Waals surface area contributed by atoms with Gasteiger partial charge in [0.2, 0.25) is 0 Å². The largest absolute Gasteiger partial charge is 0.459 e. The van der Waals surface area contributed by atoms with E-state index in [9.17, 15) is 0 Å². The van der Waals surface area contributed by atoms with Crippen LogP contribution in [0.3, 0.4) is 0 Å². The molecule has 0 bridgehead atoms. The fourth-order valence-corrected chi connectivity index (χ4v) is 13.8. The molecule has 0 amide bonds. The summed E-state index contributed by atoms with van der Waals surface area (Å²) in [5, 5.41) is 0. The number of esters is 1. The third kappa shape index (κ3) is 18.7. The van der Waals surface area contributed by atoms with Crippen LogP contribution in [0.15, 0.2) is 212 Å². The molecular weight excluding hydrogens is 1160 g/mol. The summed E-state index contributed by atoms with van der Waals surface area (Å²) in [6, 6.07) is 70.8. The van der Waals surface area contributed by atoms with Crippen molar-refractivity contribution < 1.29 is 61.6 Å². The molecule has 0 unspecified atom stereocenters. The lowest BCUT2D eigenvalue weighted by Gasteiger charge is -2.50. The van der Waals surface area contributed by atoms with Gasteiger partial charge in [0.05, 0.1) is 64.6 Å². The minimum Gasteiger partial charge on any atom is -0.459 e. The monoisotopic (exact) mass is 1250 g/mol. The molecule has 7 aromatic rings. The summed E-state index contributed by atoms with van der Waals surface area (Å²) in [6.45, 7) is 4.00. The lowest BCUT2D eigenvalue weighted by molar-refractivity contribution is -0.364. The van der Waals surface area contributed by atoms with Gasteiger partial charge in [0.15, 0.2) is 18.7 Å². The van der Waals surface area contributed by atoms with E-state index in [1.54, 1.807) is 0 Å². The zero-order valence-corrected chi connectivity index (χ0v) is 53.2. The lowest BCUT2D eigenvalue weighted by atomic mass is 9.81. The molecule has 92 heavy (non-hydrogen) atoms. The van der Waals surface area contributed by atoms with Crippen LogP contribution in [-0.4, -0.2) is 92.3 Å². The summed E-state index contributed by atoms with van der Waals surface area (Å²) >= 11 is 0. The second-order valence-corrected chi connectivity index (χ2v) is 25.7. The van der Waals surface area contributed by atoms with Gasteiger partial charge in [-0.2, -0.15) is 0 Å². The Bertz CT molecular complexity index is 3190. The number of hydrogen-bond donors (Lipinski definition) is 0. The lowest BCUT2D eigenvalue weighted by Crippen LogP contribution is -2.64. The topological polar surface area (TPSA) is 128 Å². The highest BCUT2D eigenvalue weighted by Gasteiger charge is 2.55. The number of benzene rings is 7. The quantitative estimate of drug-likeness (QED) is 0.0383. The molecule has 7 aromatic carbocycles. The van der Waals surface area contributed by atoms with Crippen LogP contribution in [0.5, 0.6) is 0 Å². The number of rotatable bonds is 31. The predicted octanol–water partition coefficient (Wildman–Crippen LogP) is 15.0. The molecule has 0 radical (unpaired) electrons. The smallest absolute Gasteiger partial charge is 0.335 e. The summed E-state index contributed by atoms with van der Waals surface area (Å²) in [5.41, 5.74) is 6.91. The summed E-state index contributed by atoms with van der Waals surface area (Å²) in [7, 11) is 0. The van der Waals surface area contributed by atoms with E-state index < -0.39 is 85.7 Å². The maximum absolute atomic E-state index is 15.0. The molecule has 5 fully saturated rings. The Labute approximate surface area is 544 Å². The van der Waals surface area contributed by atoms with Crippen LogP contribution in [0, 0.1) is 17.8 Å². The number of ether oxygens (including phenoxy) is 12. The average molecular weight is 1250 g/mol. The molecule has 0 N–H and O–H groups in total. The maximum atomic E-state index is 15.0. The van der Waals surface area contributed by atoms with Gasteiger partial charge < -0.3 is 56.8 Å². The molecule has 13 nitrogen and oxygen atoms in total. The fraction of sp³-hybridized carbons (Fsp3) is 0.456. The van der Waals surface area contributed by atoms with E-state index in [-0.39, 0.29) is 44.9 Å². The van der Waals surface area contributed by atoms with Crippen molar-refractivity contribution in [2.75, 3.05) is 6.61 Å². The Kier molecular flexibility index (Phi) is 24.3. The molecule has 13 heteroatoms. The van der Waals surface area contributed by atoms with E-state index in [0.717, 1.165) is 90.3 Å². The van der Waals surface area contributed by atoms with Crippen molar-refractivity contribution in [3.8, 4) is 0 Å². The van der Waals surface area contributed by atoms with Crippen LogP contribution in [0.2, 0.25) is 0 Å². The van der Waals surface area contributed by atoms with Gasteiger partial charge in [0.25, 0.3) is 0 Å². The zero-order chi connectivity index (χ0) is 62.5. The van der Waals surface area contributed by atoms with Crippen molar-refractivity contribution in [2.45, 2.75) is 204 Å². The van der Waals surface area contributed by atoms with Crippen molar-refractivity contribution in [1.82, 2.24) is 0 Å². The second kappa shape index (κ2) is 34.1. The minimum atomic E-state index is -1.07. The van der Waals surface area contributed by atoms with Crippen LogP contribution in [0.1, 0.15) is 116 Å². The first kappa shape index (κ1) is 65.6. The highest BCUT2D eigenvalue weighted by molar-refractivity contribution is 5.74. The van der Waals surface area contributed by atoms with Crippen molar-refractivity contribution in [3.05, 3.63) is 251 Å². The first-order chi connectivity index (χ1) is 45.4. The van der Waals surface area contributed by atoms with Crippen LogP contribution in [0.25, 0.3) is 0 Å². The Morgan fingerprint density at radius 1 is 0.402 bits per heavy atom. The molecular formula is C79H92O13. The van der Waals surface area contributed by atoms with Crippen molar-refractivity contribution in [2.24, 2.45) is 17.8 Å². The van der Waals surface area contributed by atoms with Gasteiger partial charge in [0.1, 0.15) is 49.3 Å². The summed E-state index contributed by atoms with van der Waals surface area (Å²) in [5.74, 6) is 0.375. The fourth-order valence-electron chi connectivity index (χ4n) is 13.8. The maximum Gasteiger partial charge on any atom is 0.335 e. The van der Waals surface area contributed by atoms with E-state index in [1.165, 1.54) is 6.42 Å². The summed E-state index contributed by atoms with van der Waals surface area (Å²) in [4.78, 5) is 15.0. The molecule has 2 aliphatic heterocycles. The van der Waals surface area contributed by atoms with Crippen LogP contribution >= 0.6 is 0 Å². The highest BCUT2D eigenvalue weighted by Crippen LogP contribution is 2.48. The molecule has 3 saturated carbocycles. The van der Waals surface area contributed by atoms with E-state index in [1.807, 2.05) is 171 Å². The average Bonchev–Trinajstić information content (AvgIpc) is 1.39. The standard InChI is InChI=1S/C79H92O13/c1-56-70(82-49-59-31-14-4-15-32-59)73(84-51-61-35-18-6-19-36-61)75(85-52-62-37-20-7-21-38-62)78(88-56)92-71-66(65-45-46-65)43-26-44-67(71)90-79-76(86-53-63-39-22-8-23-40-63)74(89-68(47-57-27-10-2-11-28-57)77(80)87-54-64-41-24-9-25-42-64)72(83-50-60-33-16-5-17-34-60)69(91-79)55-81-48-58-29-12-3-13-30-58/h3-9,12-25,29-42,56-57,65-76,78-79H,2,10-11,26-28,43-55H2,1H3/t56-,66-,67-,68+,69-,70+,71+,72+,73+,74+,75-,76-,78+,79+/m1/s1. The van der Waals surface area contributed by atoms with E-state index >= 15 is 4.79 Å². The van der Waals surface area contributed by atoms with E-state index in [4.69, 9.17) is 56.8 Å². The molecule has 0 spiro atoms. The van der Waals surface area contributed by atoms with Gasteiger partial charge in [-0.1, -0.05) is 251 Å². The van der Waals surface area contributed by atoms with Crippen molar-refractivity contribution in [3.63, 3.8) is 0 Å². The van der Waals surface area contributed by atoms with Gasteiger partial charge >= 0.3 is 5.97 Å². The minimum absolute atomic E-state index is 0.107. The normalized spacial score (nSPS) is 27.2. The third-order valence-electron chi connectivity index (χ3n) is 18.9. The molecule has 14 atom stereocenters. The molecule has 5 aliphatic rings. The molecule has 12 rings (SSSR count). The number of hydrogen-bond acceptors (Lipinski definition) is 13. The van der Waals surface area contributed by atoms with E-state index in [0.29, 0.717) is 38.6 Å². The van der Waals surface area contributed by atoms with Crippen molar-refractivity contribution in [1.29, 1.82) is 0 Å².